The van der Waals surface area contributed by atoms with Crippen LogP contribution in [0.15, 0.2) is 23.0 Å². The number of aryl methyl sites for hydroxylation is 1. The number of nitrogens with one attached hydrogen (secondary N) is 1. The first-order chi connectivity index (χ1) is 8.49. The van der Waals surface area contributed by atoms with Crippen LogP contribution in [0.25, 0.3) is 10.9 Å². The van der Waals surface area contributed by atoms with E-state index in [1.165, 1.54) is 0 Å². The lowest BCUT2D eigenvalue weighted by Crippen LogP contribution is -2.14. The Labute approximate surface area is 108 Å². The monoisotopic (exact) mass is 265 g/mol. The highest BCUT2D eigenvalue weighted by Gasteiger charge is 2.10. The van der Waals surface area contributed by atoms with E-state index in [1.807, 2.05) is 0 Å². The van der Waals surface area contributed by atoms with Crippen LogP contribution < -0.4 is 5.43 Å². The number of halogens is 1. The summed E-state index contributed by atoms with van der Waals surface area (Å²) in [5, 5.41) is 9.76. The molecule has 18 heavy (non-hydrogen) atoms. The Kier molecular flexibility index (Phi) is 3.39. The number of aromatic nitrogens is 1. The third kappa shape index (κ3) is 2.38. The van der Waals surface area contributed by atoms with Gasteiger partial charge in [-0.05, 0) is 31.5 Å². The number of pyridine rings is 1. The fourth-order valence-corrected chi connectivity index (χ4v) is 2.13. The van der Waals surface area contributed by atoms with Crippen molar-refractivity contribution in [3.05, 3.63) is 44.7 Å². The highest BCUT2D eigenvalue weighted by Crippen LogP contribution is 2.17. The van der Waals surface area contributed by atoms with E-state index in [1.54, 1.807) is 25.1 Å². The Morgan fingerprint density at radius 2 is 2.17 bits per heavy atom. The van der Waals surface area contributed by atoms with Gasteiger partial charge in [-0.15, -0.1) is 0 Å². The molecule has 0 bridgehead atoms. The number of rotatable bonds is 3. The number of H-pyrrole nitrogens is 1. The molecule has 0 aliphatic carbocycles. The molecule has 0 amide bonds. The SMILES string of the molecule is Cc1[nH]c2cc(Cl)ccc2c(=O)c1CCC(=O)O. The first-order valence-corrected chi connectivity index (χ1v) is 5.89. The topological polar surface area (TPSA) is 70.2 Å². The minimum Gasteiger partial charge on any atom is -0.481 e. The van der Waals surface area contributed by atoms with Gasteiger partial charge in [0.2, 0.25) is 0 Å². The summed E-state index contributed by atoms with van der Waals surface area (Å²) in [6, 6.07) is 4.99. The molecule has 94 valence electrons. The summed E-state index contributed by atoms with van der Waals surface area (Å²) in [5.74, 6) is -0.912. The average molecular weight is 266 g/mol. The van der Waals surface area contributed by atoms with Crippen LogP contribution in [0.5, 0.6) is 0 Å². The molecule has 0 fully saturated rings. The summed E-state index contributed by atoms with van der Waals surface area (Å²) in [5.41, 5.74) is 1.76. The third-order valence-corrected chi connectivity index (χ3v) is 3.10. The van der Waals surface area contributed by atoms with Gasteiger partial charge in [0, 0.05) is 28.1 Å². The van der Waals surface area contributed by atoms with Crippen LogP contribution in [-0.2, 0) is 11.2 Å². The van der Waals surface area contributed by atoms with E-state index in [-0.39, 0.29) is 18.3 Å². The molecule has 2 N–H and O–H groups in total. The lowest BCUT2D eigenvalue weighted by molar-refractivity contribution is -0.136. The largest absolute Gasteiger partial charge is 0.481 e. The van der Waals surface area contributed by atoms with Crippen LogP contribution in [0.4, 0.5) is 0 Å². The van der Waals surface area contributed by atoms with Gasteiger partial charge in [0.25, 0.3) is 0 Å². The summed E-state index contributed by atoms with van der Waals surface area (Å²) in [4.78, 5) is 25.9. The van der Waals surface area contributed by atoms with Crippen LogP contribution in [0, 0.1) is 6.92 Å². The summed E-state index contributed by atoms with van der Waals surface area (Å²) in [7, 11) is 0. The number of aliphatic carboxylic acids is 1. The molecule has 1 heterocycles. The highest BCUT2D eigenvalue weighted by atomic mass is 35.5. The molecule has 5 heteroatoms. The zero-order valence-corrected chi connectivity index (χ0v) is 10.5. The van der Waals surface area contributed by atoms with Crippen molar-refractivity contribution in [2.75, 3.05) is 0 Å². The molecule has 0 aliphatic heterocycles. The molecule has 0 atom stereocenters. The highest BCUT2D eigenvalue weighted by molar-refractivity contribution is 6.31. The molecule has 2 aromatic rings. The van der Waals surface area contributed by atoms with Crippen molar-refractivity contribution in [3.63, 3.8) is 0 Å². The van der Waals surface area contributed by atoms with E-state index in [2.05, 4.69) is 4.98 Å². The molecular weight excluding hydrogens is 254 g/mol. The molecule has 1 aromatic heterocycles. The fourth-order valence-electron chi connectivity index (χ4n) is 1.96. The molecule has 0 saturated carbocycles. The zero-order valence-electron chi connectivity index (χ0n) is 9.79. The fraction of sp³-hybridized carbons (Fsp3) is 0.231. The van der Waals surface area contributed by atoms with Crippen LogP contribution in [0.1, 0.15) is 17.7 Å². The second kappa shape index (κ2) is 4.82. The minimum atomic E-state index is -0.912. The van der Waals surface area contributed by atoms with Gasteiger partial charge in [0.1, 0.15) is 0 Å². The van der Waals surface area contributed by atoms with Crippen molar-refractivity contribution < 1.29 is 9.90 Å². The Morgan fingerprint density at radius 1 is 1.44 bits per heavy atom. The lowest BCUT2D eigenvalue weighted by atomic mass is 10.0. The number of hydrogen-bond donors (Lipinski definition) is 2. The Hall–Kier alpha value is -1.81. The average Bonchev–Trinajstić information content (AvgIpc) is 2.27. The van der Waals surface area contributed by atoms with Gasteiger partial charge in [-0.2, -0.15) is 0 Å². The normalized spacial score (nSPS) is 10.8. The van der Waals surface area contributed by atoms with Gasteiger partial charge < -0.3 is 10.1 Å². The van der Waals surface area contributed by atoms with Crippen molar-refractivity contribution >= 4 is 28.5 Å². The minimum absolute atomic E-state index is 0.0526. The summed E-state index contributed by atoms with van der Waals surface area (Å²) < 4.78 is 0. The summed E-state index contributed by atoms with van der Waals surface area (Å²) >= 11 is 5.87. The first kappa shape index (κ1) is 12.6. The maximum absolute atomic E-state index is 12.2. The molecule has 0 radical (unpaired) electrons. The third-order valence-electron chi connectivity index (χ3n) is 2.86. The van der Waals surface area contributed by atoms with E-state index in [0.29, 0.717) is 27.2 Å². The summed E-state index contributed by atoms with van der Waals surface area (Å²) in [6.07, 6.45) is 0.179. The molecule has 0 unspecified atom stereocenters. The van der Waals surface area contributed by atoms with E-state index in [0.717, 1.165) is 0 Å². The Balaban J connectivity index is 2.58. The van der Waals surface area contributed by atoms with E-state index in [4.69, 9.17) is 16.7 Å². The molecular formula is C13H12ClNO3. The summed E-state index contributed by atoms with van der Waals surface area (Å²) in [6.45, 7) is 1.76. The predicted molar refractivity (Wildman–Crippen MR) is 70.3 cm³/mol. The van der Waals surface area contributed by atoms with E-state index in [9.17, 15) is 9.59 Å². The number of aromatic amines is 1. The van der Waals surface area contributed by atoms with Crippen LogP contribution in [-0.4, -0.2) is 16.1 Å². The van der Waals surface area contributed by atoms with Crippen molar-refractivity contribution in [3.8, 4) is 0 Å². The first-order valence-electron chi connectivity index (χ1n) is 5.52. The molecule has 1 aromatic carbocycles. The molecule has 0 saturated heterocycles. The van der Waals surface area contributed by atoms with Crippen molar-refractivity contribution in [1.29, 1.82) is 0 Å². The number of benzene rings is 1. The molecule has 0 aliphatic rings. The van der Waals surface area contributed by atoms with Gasteiger partial charge in [-0.25, -0.2) is 0 Å². The molecule has 2 rings (SSSR count). The van der Waals surface area contributed by atoms with Gasteiger partial charge in [0.05, 0.1) is 5.52 Å². The zero-order chi connectivity index (χ0) is 13.3. The quantitative estimate of drug-likeness (QED) is 0.896. The van der Waals surface area contributed by atoms with Crippen molar-refractivity contribution in [2.45, 2.75) is 19.8 Å². The van der Waals surface area contributed by atoms with E-state index >= 15 is 0 Å². The number of carbonyl (C=O) groups is 1. The maximum Gasteiger partial charge on any atom is 0.303 e. The number of carboxylic acid groups (broad SMARTS) is 1. The van der Waals surface area contributed by atoms with Crippen molar-refractivity contribution in [1.82, 2.24) is 4.98 Å². The van der Waals surface area contributed by atoms with Gasteiger partial charge in [-0.3, -0.25) is 9.59 Å². The van der Waals surface area contributed by atoms with Crippen LogP contribution >= 0.6 is 11.6 Å². The lowest BCUT2D eigenvalue weighted by Gasteiger charge is -2.07. The number of hydrogen-bond acceptors (Lipinski definition) is 2. The smallest absolute Gasteiger partial charge is 0.303 e. The van der Waals surface area contributed by atoms with Crippen LogP contribution in [0.2, 0.25) is 5.02 Å². The van der Waals surface area contributed by atoms with Gasteiger partial charge in [0.15, 0.2) is 5.43 Å². The maximum atomic E-state index is 12.2. The second-order valence-electron chi connectivity index (χ2n) is 4.14. The van der Waals surface area contributed by atoms with Crippen molar-refractivity contribution in [2.24, 2.45) is 0 Å². The Bertz CT molecular complexity index is 676. The number of carboxylic acids is 1. The second-order valence-corrected chi connectivity index (χ2v) is 4.58. The number of fused-ring (bicyclic) bond motifs is 1. The molecule has 0 spiro atoms. The van der Waals surface area contributed by atoms with Gasteiger partial charge >= 0.3 is 5.97 Å². The van der Waals surface area contributed by atoms with Gasteiger partial charge in [-0.1, -0.05) is 11.6 Å². The van der Waals surface area contributed by atoms with Crippen LogP contribution in [0.3, 0.4) is 0 Å². The Morgan fingerprint density at radius 3 is 2.83 bits per heavy atom. The standard InChI is InChI=1S/C13H12ClNO3/c1-7-9(4-5-12(16)17)13(18)10-3-2-8(14)6-11(10)15-7/h2-3,6H,4-5H2,1H3,(H,15,18)(H,16,17). The predicted octanol–water partition coefficient (Wildman–Crippen LogP) is 2.51. The van der Waals surface area contributed by atoms with E-state index < -0.39 is 5.97 Å². The molecule has 4 nitrogen and oxygen atoms in total.